The summed E-state index contributed by atoms with van der Waals surface area (Å²) in [6.07, 6.45) is 6.20. The van der Waals surface area contributed by atoms with Crippen LogP contribution >= 0.6 is 0 Å². The summed E-state index contributed by atoms with van der Waals surface area (Å²) in [7, 11) is 0. The van der Waals surface area contributed by atoms with Gasteiger partial charge in [-0.1, -0.05) is 70.7 Å². The van der Waals surface area contributed by atoms with Gasteiger partial charge in [0, 0.05) is 11.6 Å². The zero-order valence-corrected chi connectivity index (χ0v) is 25.1. The topological polar surface area (TPSA) is 87.7 Å². The third-order valence-corrected chi connectivity index (χ3v) is 7.27. The maximum atomic E-state index is 14.4. The average Bonchev–Trinajstić information content (AvgIpc) is 2.83. The Bertz CT molecular complexity index is 924. The standard InChI is InChI=1S/C31H51N3O4/c1-10-21(3)25(33-29(37)38-31(7,8)9)28(36)34(30(4,5)6)26(23-19-17-22(11-2)18-20-23)27(35)32-24-15-13-12-14-16-24/h17-21,24-26H,10-16H2,1-9H3,(H,32,35)(H,33,37). The molecule has 1 saturated carbocycles. The number of ether oxygens (including phenoxy) is 1. The number of alkyl carbamates (subject to hydrolysis) is 1. The molecule has 3 unspecified atom stereocenters. The van der Waals surface area contributed by atoms with Gasteiger partial charge in [-0.15, -0.1) is 0 Å². The highest BCUT2D eigenvalue weighted by molar-refractivity contribution is 5.93. The summed E-state index contributed by atoms with van der Waals surface area (Å²) < 4.78 is 5.50. The molecule has 0 saturated heterocycles. The van der Waals surface area contributed by atoms with Gasteiger partial charge in [0.15, 0.2) is 0 Å². The van der Waals surface area contributed by atoms with Crippen molar-refractivity contribution in [1.29, 1.82) is 0 Å². The van der Waals surface area contributed by atoms with Gasteiger partial charge in [0.25, 0.3) is 0 Å². The maximum absolute atomic E-state index is 14.4. The summed E-state index contributed by atoms with van der Waals surface area (Å²) in [5, 5.41) is 6.10. The third-order valence-electron chi connectivity index (χ3n) is 7.27. The quantitative estimate of drug-likeness (QED) is 0.393. The van der Waals surface area contributed by atoms with Crippen molar-refractivity contribution < 1.29 is 19.1 Å². The minimum Gasteiger partial charge on any atom is -0.444 e. The monoisotopic (exact) mass is 529 g/mol. The van der Waals surface area contributed by atoms with E-state index in [1.807, 2.05) is 58.9 Å². The van der Waals surface area contributed by atoms with Gasteiger partial charge in [-0.2, -0.15) is 0 Å². The molecule has 1 aliphatic rings. The lowest BCUT2D eigenvalue weighted by Crippen LogP contribution is -2.60. The number of nitrogens with one attached hydrogen (secondary N) is 2. The second kappa shape index (κ2) is 13.5. The van der Waals surface area contributed by atoms with Gasteiger partial charge in [-0.3, -0.25) is 9.59 Å². The van der Waals surface area contributed by atoms with Gasteiger partial charge < -0.3 is 20.3 Å². The molecule has 1 aromatic carbocycles. The smallest absolute Gasteiger partial charge is 0.408 e. The predicted molar refractivity (Wildman–Crippen MR) is 153 cm³/mol. The van der Waals surface area contributed by atoms with Gasteiger partial charge in [-0.25, -0.2) is 4.79 Å². The molecular formula is C31H51N3O4. The highest BCUT2D eigenvalue weighted by atomic mass is 16.6. The highest BCUT2D eigenvalue weighted by Crippen LogP contribution is 2.32. The van der Waals surface area contributed by atoms with E-state index in [2.05, 4.69) is 17.6 Å². The summed E-state index contributed by atoms with van der Waals surface area (Å²) in [6.45, 7) is 17.2. The number of rotatable bonds is 9. The zero-order valence-electron chi connectivity index (χ0n) is 25.1. The van der Waals surface area contributed by atoms with Crippen LogP contribution in [0.25, 0.3) is 0 Å². The van der Waals surface area contributed by atoms with Crippen LogP contribution < -0.4 is 10.6 Å². The number of carbonyl (C=O) groups is 3. The van der Waals surface area contributed by atoms with E-state index in [9.17, 15) is 14.4 Å². The summed E-state index contributed by atoms with van der Waals surface area (Å²) in [5.41, 5.74) is 0.535. The molecule has 0 bridgehead atoms. The molecule has 0 radical (unpaired) electrons. The van der Waals surface area contributed by atoms with Crippen LogP contribution in [0.5, 0.6) is 0 Å². The molecular weight excluding hydrogens is 478 g/mol. The first-order valence-corrected chi connectivity index (χ1v) is 14.4. The van der Waals surface area contributed by atoms with E-state index >= 15 is 0 Å². The Morgan fingerprint density at radius 2 is 1.55 bits per heavy atom. The number of amides is 3. The Kier molecular flexibility index (Phi) is 11.2. The fourth-order valence-corrected chi connectivity index (χ4v) is 4.99. The van der Waals surface area contributed by atoms with Crippen LogP contribution in [0, 0.1) is 5.92 Å². The fourth-order valence-electron chi connectivity index (χ4n) is 4.99. The van der Waals surface area contributed by atoms with Crippen molar-refractivity contribution in [2.75, 3.05) is 0 Å². The first kappa shape index (κ1) is 31.6. The maximum Gasteiger partial charge on any atom is 0.408 e. The lowest BCUT2D eigenvalue weighted by Gasteiger charge is -2.44. The first-order valence-electron chi connectivity index (χ1n) is 14.4. The number of hydrogen-bond acceptors (Lipinski definition) is 4. The molecule has 38 heavy (non-hydrogen) atoms. The molecule has 7 heteroatoms. The molecule has 3 amide bonds. The van der Waals surface area contributed by atoms with Crippen LogP contribution in [-0.4, -0.2) is 46.0 Å². The summed E-state index contributed by atoms with van der Waals surface area (Å²) in [5.74, 6) is -0.630. The number of benzene rings is 1. The summed E-state index contributed by atoms with van der Waals surface area (Å²) in [4.78, 5) is 42.9. The highest BCUT2D eigenvalue weighted by Gasteiger charge is 2.43. The third kappa shape index (κ3) is 9.02. The molecule has 0 heterocycles. The summed E-state index contributed by atoms with van der Waals surface area (Å²) in [6, 6.07) is 6.39. The fraction of sp³-hybridized carbons (Fsp3) is 0.710. The van der Waals surface area contributed by atoms with E-state index in [1.165, 1.54) is 6.42 Å². The average molecular weight is 530 g/mol. The van der Waals surface area contributed by atoms with Crippen molar-refractivity contribution in [1.82, 2.24) is 15.5 Å². The van der Waals surface area contributed by atoms with Crippen molar-refractivity contribution in [2.24, 2.45) is 5.92 Å². The Balaban J connectivity index is 2.53. The van der Waals surface area contributed by atoms with Crippen LogP contribution in [0.15, 0.2) is 24.3 Å². The number of carbonyl (C=O) groups excluding carboxylic acids is 3. The molecule has 1 fully saturated rings. The lowest BCUT2D eigenvalue weighted by molar-refractivity contribution is -0.149. The SMILES string of the molecule is CCc1ccc(C(C(=O)NC2CCCCC2)N(C(=O)C(NC(=O)OC(C)(C)C)C(C)CC)C(C)(C)C)cc1. The predicted octanol–water partition coefficient (Wildman–Crippen LogP) is 6.31. The zero-order chi connectivity index (χ0) is 28.7. The molecule has 3 atom stereocenters. The lowest BCUT2D eigenvalue weighted by atomic mass is 9.90. The Labute approximate surface area is 230 Å². The van der Waals surface area contributed by atoms with Gasteiger partial charge in [0.05, 0.1) is 0 Å². The van der Waals surface area contributed by atoms with E-state index in [0.717, 1.165) is 43.2 Å². The molecule has 1 aliphatic carbocycles. The molecule has 2 rings (SSSR count). The van der Waals surface area contributed by atoms with Crippen LogP contribution in [0.4, 0.5) is 4.79 Å². The van der Waals surface area contributed by atoms with Gasteiger partial charge in [0.1, 0.15) is 17.7 Å². The molecule has 7 nitrogen and oxygen atoms in total. The van der Waals surface area contributed by atoms with Gasteiger partial charge in [-0.05, 0) is 77.8 Å². The number of hydrogen-bond donors (Lipinski definition) is 2. The van der Waals surface area contributed by atoms with Crippen LogP contribution in [0.2, 0.25) is 0 Å². The van der Waals surface area contributed by atoms with Crippen molar-refractivity contribution in [3.63, 3.8) is 0 Å². The van der Waals surface area contributed by atoms with Gasteiger partial charge in [0.2, 0.25) is 11.8 Å². The van der Waals surface area contributed by atoms with Crippen LogP contribution in [0.3, 0.4) is 0 Å². The Hall–Kier alpha value is -2.57. The number of nitrogens with zero attached hydrogens (tertiary/aromatic N) is 1. The van der Waals surface area contributed by atoms with E-state index in [-0.39, 0.29) is 23.8 Å². The molecule has 214 valence electrons. The Morgan fingerprint density at radius 1 is 0.974 bits per heavy atom. The molecule has 0 aromatic heterocycles. The second-order valence-electron chi connectivity index (χ2n) is 12.7. The summed E-state index contributed by atoms with van der Waals surface area (Å²) >= 11 is 0. The minimum atomic E-state index is -0.839. The first-order chi connectivity index (χ1) is 17.7. The van der Waals surface area contributed by atoms with Crippen molar-refractivity contribution in [3.05, 3.63) is 35.4 Å². The van der Waals surface area contributed by atoms with Crippen molar-refractivity contribution >= 4 is 17.9 Å². The van der Waals surface area contributed by atoms with E-state index in [0.29, 0.717) is 6.42 Å². The van der Waals surface area contributed by atoms with E-state index < -0.39 is 29.3 Å². The minimum absolute atomic E-state index is 0.107. The van der Waals surface area contributed by atoms with Crippen LogP contribution in [-0.2, 0) is 20.7 Å². The van der Waals surface area contributed by atoms with E-state index in [4.69, 9.17) is 4.74 Å². The van der Waals surface area contributed by atoms with E-state index in [1.54, 1.807) is 25.7 Å². The molecule has 0 spiro atoms. The van der Waals surface area contributed by atoms with Crippen molar-refractivity contribution in [3.8, 4) is 0 Å². The molecule has 1 aromatic rings. The molecule has 0 aliphatic heterocycles. The molecule has 2 N–H and O–H groups in total. The number of aryl methyl sites for hydroxylation is 1. The van der Waals surface area contributed by atoms with Crippen molar-refractivity contribution in [2.45, 2.75) is 137 Å². The second-order valence-corrected chi connectivity index (χ2v) is 12.7. The van der Waals surface area contributed by atoms with Crippen LogP contribution in [0.1, 0.15) is 118 Å². The van der Waals surface area contributed by atoms with Gasteiger partial charge >= 0.3 is 6.09 Å². The normalized spacial score (nSPS) is 17.2. The largest absolute Gasteiger partial charge is 0.444 e. The Morgan fingerprint density at radius 3 is 2.03 bits per heavy atom.